The lowest BCUT2D eigenvalue weighted by Gasteiger charge is -2.23. The highest BCUT2D eigenvalue weighted by Gasteiger charge is 2.32. The number of hydrogen-bond acceptors (Lipinski definition) is 3. The number of amides is 2. The predicted molar refractivity (Wildman–Crippen MR) is 107 cm³/mol. The van der Waals surface area contributed by atoms with E-state index in [0.717, 1.165) is 34.8 Å². The fourth-order valence-electron chi connectivity index (χ4n) is 3.21. The van der Waals surface area contributed by atoms with Crippen LogP contribution < -0.4 is 5.32 Å². The van der Waals surface area contributed by atoms with Crippen LogP contribution in [0.5, 0.6) is 0 Å². The molecule has 2 aromatic carbocycles. The molecule has 1 saturated heterocycles. The van der Waals surface area contributed by atoms with Crippen LogP contribution in [0.25, 0.3) is 10.4 Å². The normalized spacial score (nSPS) is 16.7. The molecule has 4 nitrogen and oxygen atoms in total. The summed E-state index contributed by atoms with van der Waals surface area (Å²) in [7, 11) is 0. The molecular weight excluding hydrogens is 366 g/mol. The Kier molecular flexibility index (Phi) is 4.91. The van der Waals surface area contributed by atoms with Crippen LogP contribution in [0.15, 0.2) is 60.8 Å². The van der Waals surface area contributed by atoms with Crippen molar-refractivity contribution in [2.45, 2.75) is 18.9 Å². The minimum absolute atomic E-state index is 0.0247. The number of carbonyl (C=O) groups excluding carboxylic acids is 1. The van der Waals surface area contributed by atoms with E-state index >= 15 is 0 Å². The van der Waals surface area contributed by atoms with E-state index in [1.165, 1.54) is 0 Å². The highest BCUT2D eigenvalue weighted by atomic mass is 35.5. The van der Waals surface area contributed by atoms with Gasteiger partial charge in [-0.1, -0.05) is 48.0 Å². The zero-order valence-electron chi connectivity index (χ0n) is 14.1. The van der Waals surface area contributed by atoms with Crippen molar-refractivity contribution in [1.29, 1.82) is 0 Å². The predicted octanol–water partition coefficient (Wildman–Crippen LogP) is 5.83. The van der Waals surface area contributed by atoms with Crippen LogP contribution >= 0.6 is 22.9 Å². The number of carbonyl (C=O) groups is 1. The van der Waals surface area contributed by atoms with Gasteiger partial charge in [0.15, 0.2) is 0 Å². The first-order valence-electron chi connectivity index (χ1n) is 8.55. The summed E-state index contributed by atoms with van der Waals surface area (Å²) in [5.74, 6) is 0. The Morgan fingerprint density at radius 3 is 2.85 bits per heavy atom. The summed E-state index contributed by atoms with van der Waals surface area (Å²) in [5.41, 5.74) is 1.86. The first kappa shape index (κ1) is 17.1. The highest BCUT2D eigenvalue weighted by Crippen LogP contribution is 2.37. The third kappa shape index (κ3) is 3.59. The van der Waals surface area contributed by atoms with Gasteiger partial charge in [-0.15, -0.1) is 11.3 Å². The van der Waals surface area contributed by atoms with Gasteiger partial charge in [-0.3, -0.25) is 0 Å². The second kappa shape index (κ2) is 7.48. The molecule has 26 heavy (non-hydrogen) atoms. The monoisotopic (exact) mass is 383 g/mol. The first-order valence-corrected chi connectivity index (χ1v) is 9.74. The van der Waals surface area contributed by atoms with Crippen LogP contribution in [-0.2, 0) is 0 Å². The fraction of sp³-hybridized carbons (Fsp3) is 0.200. The molecule has 6 heteroatoms. The van der Waals surface area contributed by atoms with E-state index in [0.29, 0.717) is 10.7 Å². The number of thiazole rings is 1. The molecule has 2 amide bonds. The van der Waals surface area contributed by atoms with Crippen molar-refractivity contribution in [3.8, 4) is 10.4 Å². The van der Waals surface area contributed by atoms with Gasteiger partial charge in [0.2, 0.25) is 0 Å². The molecular formula is C20H18ClN3OS. The smallest absolute Gasteiger partial charge is 0.315 e. The van der Waals surface area contributed by atoms with Gasteiger partial charge in [-0.2, -0.15) is 0 Å². The molecule has 0 unspecified atom stereocenters. The number of nitrogens with zero attached hydrogens (tertiary/aromatic N) is 2. The van der Waals surface area contributed by atoms with E-state index in [9.17, 15) is 4.79 Å². The molecule has 3 aromatic rings. The molecule has 0 spiro atoms. The van der Waals surface area contributed by atoms with Gasteiger partial charge in [0.1, 0.15) is 5.01 Å². The zero-order valence-corrected chi connectivity index (χ0v) is 15.6. The number of nitrogens with one attached hydrogen (secondary N) is 1. The van der Waals surface area contributed by atoms with E-state index in [2.05, 4.69) is 22.4 Å². The largest absolute Gasteiger partial charge is 0.322 e. The van der Waals surface area contributed by atoms with Crippen molar-refractivity contribution >= 4 is 34.7 Å². The number of urea groups is 1. The van der Waals surface area contributed by atoms with Gasteiger partial charge < -0.3 is 10.2 Å². The standard InChI is InChI=1S/C20H18ClN3OS/c21-15-8-4-9-16(12-15)23-20(25)24-11-5-10-17(24)19-22-13-18(26-19)14-6-2-1-3-7-14/h1-4,6-9,12-13,17H,5,10-11H2,(H,23,25)/t17-/m0/s1. The van der Waals surface area contributed by atoms with E-state index in [-0.39, 0.29) is 12.1 Å². The van der Waals surface area contributed by atoms with Crippen molar-refractivity contribution in [2.24, 2.45) is 0 Å². The van der Waals surface area contributed by atoms with Crippen molar-refractivity contribution in [1.82, 2.24) is 9.88 Å². The number of rotatable bonds is 3. The first-order chi connectivity index (χ1) is 12.7. The average molecular weight is 384 g/mol. The average Bonchev–Trinajstić information content (AvgIpc) is 3.32. The molecule has 0 bridgehead atoms. The minimum Gasteiger partial charge on any atom is -0.315 e. The summed E-state index contributed by atoms with van der Waals surface area (Å²) in [4.78, 5) is 20.3. The Hall–Kier alpha value is -2.37. The zero-order chi connectivity index (χ0) is 17.9. The highest BCUT2D eigenvalue weighted by molar-refractivity contribution is 7.15. The molecule has 1 aliphatic rings. The minimum atomic E-state index is -0.105. The molecule has 4 rings (SSSR count). The van der Waals surface area contributed by atoms with E-state index in [4.69, 9.17) is 11.6 Å². The summed E-state index contributed by atoms with van der Waals surface area (Å²) in [6.45, 7) is 0.733. The van der Waals surface area contributed by atoms with Crippen molar-refractivity contribution < 1.29 is 4.79 Å². The molecule has 2 heterocycles. The summed E-state index contributed by atoms with van der Waals surface area (Å²) >= 11 is 7.66. The van der Waals surface area contributed by atoms with Gasteiger partial charge >= 0.3 is 6.03 Å². The van der Waals surface area contributed by atoms with Crippen LogP contribution in [0, 0.1) is 0 Å². The quantitative estimate of drug-likeness (QED) is 0.618. The van der Waals surface area contributed by atoms with Crippen LogP contribution in [0.1, 0.15) is 23.9 Å². The maximum atomic E-state index is 12.7. The Balaban J connectivity index is 1.51. The summed E-state index contributed by atoms with van der Waals surface area (Å²) in [5, 5.41) is 4.54. The number of likely N-dealkylation sites (tertiary alicyclic amines) is 1. The Morgan fingerprint density at radius 1 is 1.19 bits per heavy atom. The van der Waals surface area contributed by atoms with Crippen LogP contribution in [-0.4, -0.2) is 22.5 Å². The van der Waals surface area contributed by atoms with Crippen LogP contribution in [0.4, 0.5) is 10.5 Å². The molecule has 0 radical (unpaired) electrons. The van der Waals surface area contributed by atoms with Crippen LogP contribution in [0.3, 0.4) is 0 Å². The van der Waals surface area contributed by atoms with Crippen molar-refractivity contribution in [2.75, 3.05) is 11.9 Å². The molecule has 0 aliphatic carbocycles. The number of halogens is 1. The molecule has 1 fully saturated rings. The van der Waals surface area contributed by atoms with Crippen LogP contribution in [0.2, 0.25) is 5.02 Å². The summed E-state index contributed by atoms with van der Waals surface area (Å²) < 4.78 is 0. The molecule has 132 valence electrons. The number of anilines is 1. The molecule has 0 saturated carbocycles. The van der Waals surface area contributed by atoms with E-state index in [1.807, 2.05) is 41.4 Å². The van der Waals surface area contributed by atoms with Gasteiger partial charge in [0, 0.05) is 23.5 Å². The maximum absolute atomic E-state index is 12.7. The number of hydrogen-bond donors (Lipinski definition) is 1. The number of aromatic nitrogens is 1. The van der Waals surface area contributed by atoms with Crippen molar-refractivity contribution in [3.05, 3.63) is 70.8 Å². The fourth-order valence-corrected chi connectivity index (χ4v) is 4.47. The third-order valence-electron chi connectivity index (χ3n) is 4.46. The maximum Gasteiger partial charge on any atom is 0.322 e. The second-order valence-corrected chi connectivity index (χ2v) is 7.72. The summed E-state index contributed by atoms with van der Waals surface area (Å²) in [6.07, 6.45) is 3.82. The third-order valence-corrected chi connectivity index (χ3v) is 5.84. The Bertz CT molecular complexity index is 912. The van der Waals surface area contributed by atoms with Gasteiger partial charge in [-0.05, 0) is 36.6 Å². The van der Waals surface area contributed by atoms with E-state index in [1.54, 1.807) is 23.5 Å². The lowest BCUT2D eigenvalue weighted by atomic mass is 10.2. The second-order valence-electron chi connectivity index (χ2n) is 6.22. The molecule has 1 aromatic heterocycles. The number of benzene rings is 2. The lowest BCUT2D eigenvalue weighted by molar-refractivity contribution is 0.207. The van der Waals surface area contributed by atoms with Gasteiger partial charge in [0.25, 0.3) is 0 Å². The molecule has 1 N–H and O–H groups in total. The van der Waals surface area contributed by atoms with Crippen molar-refractivity contribution in [3.63, 3.8) is 0 Å². The molecule has 1 atom stereocenters. The van der Waals surface area contributed by atoms with E-state index < -0.39 is 0 Å². The Labute approximate surface area is 161 Å². The lowest BCUT2D eigenvalue weighted by Crippen LogP contribution is -2.34. The molecule has 1 aliphatic heterocycles. The van der Waals surface area contributed by atoms with Gasteiger partial charge in [0.05, 0.1) is 10.9 Å². The van der Waals surface area contributed by atoms with Gasteiger partial charge in [-0.25, -0.2) is 9.78 Å². The topological polar surface area (TPSA) is 45.2 Å². The SMILES string of the molecule is O=C(Nc1cccc(Cl)c1)N1CCC[C@H]1c1ncc(-c2ccccc2)s1. The summed E-state index contributed by atoms with van der Waals surface area (Å²) in [6, 6.07) is 17.3. The Morgan fingerprint density at radius 2 is 2.04 bits per heavy atom.